The molecule has 2 aliphatic rings. The number of imidazole rings is 1. The van der Waals surface area contributed by atoms with Gasteiger partial charge in [0.1, 0.15) is 11.6 Å². The van der Waals surface area contributed by atoms with Gasteiger partial charge >= 0.3 is 0 Å². The Labute approximate surface area is 222 Å². The molecule has 36 heavy (non-hydrogen) atoms. The molecule has 1 fully saturated rings. The Hall–Kier alpha value is -3.00. The van der Waals surface area contributed by atoms with Crippen molar-refractivity contribution in [2.45, 2.75) is 32.7 Å². The Kier molecular flexibility index (Phi) is 5.94. The normalized spacial score (nSPS) is 17.9. The summed E-state index contributed by atoms with van der Waals surface area (Å²) in [6.07, 6.45) is 5.36. The number of carbonyl (C=O) groups excluding carboxylic acids is 1. The van der Waals surface area contributed by atoms with Gasteiger partial charge in [-0.05, 0) is 73.7 Å². The average Bonchev–Trinajstić information content (AvgIpc) is 3.52. The zero-order valence-electron chi connectivity index (χ0n) is 19.7. The molecule has 2 aliphatic heterocycles. The summed E-state index contributed by atoms with van der Waals surface area (Å²) in [6.45, 7) is 3.85. The van der Waals surface area contributed by atoms with Crippen molar-refractivity contribution in [1.82, 2.24) is 14.7 Å². The number of nitrogens with zero attached hydrogens (tertiary/aromatic N) is 4. The summed E-state index contributed by atoms with van der Waals surface area (Å²) in [5.41, 5.74) is 6.36. The monoisotopic (exact) mass is 536 g/mol. The van der Waals surface area contributed by atoms with Gasteiger partial charge in [-0.2, -0.15) is 0 Å². The smallest absolute Gasteiger partial charge is 0.227 e. The van der Waals surface area contributed by atoms with E-state index in [1.165, 1.54) is 0 Å². The van der Waals surface area contributed by atoms with Gasteiger partial charge in [0.15, 0.2) is 0 Å². The molecule has 0 radical (unpaired) electrons. The number of hydrogen-bond donors (Lipinski definition) is 0. The van der Waals surface area contributed by atoms with Crippen molar-refractivity contribution in [2.75, 3.05) is 10.7 Å². The van der Waals surface area contributed by atoms with Crippen LogP contribution in [0.2, 0.25) is 10.0 Å². The lowest BCUT2D eigenvalue weighted by atomic mass is 10.0. The van der Waals surface area contributed by atoms with Gasteiger partial charge in [0.2, 0.25) is 5.91 Å². The fourth-order valence-electron chi connectivity index (χ4n) is 5.12. The Balaban J connectivity index is 1.55. The summed E-state index contributed by atoms with van der Waals surface area (Å²) in [6, 6.07) is 11.2. The Morgan fingerprint density at radius 2 is 1.92 bits per heavy atom. The maximum Gasteiger partial charge on any atom is 0.227 e. The predicted molar refractivity (Wildman–Crippen MR) is 146 cm³/mol. The highest BCUT2D eigenvalue weighted by Crippen LogP contribution is 2.41. The third-order valence-corrected chi connectivity index (χ3v) is 7.74. The van der Waals surface area contributed by atoms with Crippen LogP contribution in [0.3, 0.4) is 0 Å². The fraction of sp³-hybridized carbons (Fsp3) is 0.222. The molecule has 4 heterocycles. The molecule has 9 heteroatoms. The van der Waals surface area contributed by atoms with E-state index in [1.54, 1.807) is 34.9 Å². The van der Waals surface area contributed by atoms with Crippen LogP contribution in [0.15, 0.2) is 58.5 Å². The molecule has 1 saturated heterocycles. The number of aromatic nitrogens is 3. The molecule has 1 amide bonds. The zero-order chi connectivity index (χ0) is 25.0. The van der Waals surface area contributed by atoms with Gasteiger partial charge < -0.3 is 9.42 Å². The third kappa shape index (κ3) is 3.95. The quantitative estimate of drug-likeness (QED) is 0.269. The second kappa shape index (κ2) is 9.14. The van der Waals surface area contributed by atoms with Crippen LogP contribution < -0.4 is 4.90 Å². The predicted octanol–water partition coefficient (Wildman–Crippen LogP) is 7.58. The van der Waals surface area contributed by atoms with E-state index in [0.717, 1.165) is 50.9 Å². The van der Waals surface area contributed by atoms with Gasteiger partial charge in [0.05, 0.1) is 22.8 Å². The summed E-state index contributed by atoms with van der Waals surface area (Å²) in [7, 11) is 0. The van der Waals surface area contributed by atoms with Crippen LogP contribution in [0.1, 0.15) is 36.2 Å². The number of benzene rings is 2. The highest BCUT2D eigenvalue weighted by Gasteiger charge is 2.37. The fourth-order valence-corrected chi connectivity index (χ4v) is 6.24. The summed E-state index contributed by atoms with van der Waals surface area (Å²) in [5.74, 6) is 2.48. The molecule has 0 N–H and O–H groups in total. The van der Waals surface area contributed by atoms with E-state index in [-0.39, 0.29) is 11.9 Å². The van der Waals surface area contributed by atoms with E-state index >= 15 is 0 Å². The van der Waals surface area contributed by atoms with Crippen LogP contribution in [0.5, 0.6) is 0 Å². The number of carbonyl (C=O) groups is 1. The zero-order valence-corrected chi connectivity index (χ0v) is 22.0. The molecule has 0 bridgehead atoms. The molecular weight excluding hydrogens is 515 g/mol. The van der Waals surface area contributed by atoms with Gasteiger partial charge in [0, 0.05) is 39.2 Å². The van der Waals surface area contributed by atoms with Gasteiger partial charge in [-0.25, -0.2) is 4.98 Å². The Morgan fingerprint density at radius 1 is 1.11 bits per heavy atom. The first-order valence-corrected chi connectivity index (χ1v) is 13.4. The maximum absolute atomic E-state index is 13.1. The summed E-state index contributed by atoms with van der Waals surface area (Å²) >= 11 is 14.3. The molecule has 0 saturated carbocycles. The lowest BCUT2D eigenvalue weighted by Gasteiger charge is -2.26. The van der Waals surface area contributed by atoms with Gasteiger partial charge in [-0.3, -0.25) is 9.36 Å². The highest BCUT2D eigenvalue weighted by atomic mass is 35.5. The third-order valence-electron chi connectivity index (χ3n) is 6.62. The highest BCUT2D eigenvalue weighted by molar-refractivity contribution is 8.02. The molecule has 2 aromatic carbocycles. The standard InChI is InChI=1S/C27H22Cl2N4O2S/c1-15-26(16(2)35-31-15)17-3-4-23-22(11-17)30-27(33(23)20-7-9-36-10-8-20)24-5-6-25(34)32(24)21-13-18(28)12-19(29)14-21/h3-4,7-9,11-14,24H,5-6,10H2,1-2H3/t24-/m0/s1. The lowest BCUT2D eigenvalue weighted by Crippen LogP contribution is -2.29. The number of thioether (sulfide) groups is 1. The molecule has 0 spiro atoms. The van der Waals surface area contributed by atoms with E-state index in [4.69, 9.17) is 32.7 Å². The number of allylic oxidation sites excluding steroid dienone is 2. The maximum atomic E-state index is 13.1. The summed E-state index contributed by atoms with van der Waals surface area (Å²) in [4.78, 5) is 20.0. The van der Waals surface area contributed by atoms with E-state index in [1.807, 2.05) is 13.8 Å². The lowest BCUT2D eigenvalue weighted by molar-refractivity contribution is -0.117. The first-order chi connectivity index (χ1) is 17.4. The summed E-state index contributed by atoms with van der Waals surface area (Å²) in [5, 5.41) is 7.18. The van der Waals surface area contributed by atoms with Gasteiger partial charge in [0.25, 0.3) is 0 Å². The van der Waals surface area contributed by atoms with E-state index in [0.29, 0.717) is 28.6 Å². The molecular formula is C27H22Cl2N4O2S. The van der Waals surface area contributed by atoms with Crippen LogP contribution in [0, 0.1) is 13.8 Å². The number of hydrogen-bond acceptors (Lipinski definition) is 5. The molecule has 0 aliphatic carbocycles. The minimum atomic E-state index is -0.258. The second-order valence-electron chi connectivity index (χ2n) is 8.92. The van der Waals surface area contributed by atoms with Crippen molar-refractivity contribution in [2.24, 2.45) is 0 Å². The molecule has 1 atom stereocenters. The van der Waals surface area contributed by atoms with Gasteiger partial charge in [-0.15, -0.1) is 11.8 Å². The number of amides is 1. The average molecular weight is 537 g/mol. The van der Waals surface area contributed by atoms with Crippen molar-refractivity contribution >= 4 is 63.3 Å². The second-order valence-corrected chi connectivity index (χ2v) is 10.7. The van der Waals surface area contributed by atoms with Crippen molar-refractivity contribution in [3.05, 3.63) is 81.3 Å². The number of anilines is 1. The van der Waals surface area contributed by atoms with Gasteiger partial charge in [-0.1, -0.05) is 34.4 Å². The van der Waals surface area contributed by atoms with Crippen LogP contribution >= 0.6 is 35.0 Å². The van der Waals surface area contributed by atoms with Crippen molar-refractivity contribution < 1.29 is 9.32 Å². The number of fused-ring (bicyclic) bond motifs is 1. The van der Waals surface area contributed by atoms with E-state index < -0.39 is 0 Å². The van der Waals surface area contributed by atoms with E-state index in [2.05, 4.69) is 45.5 Å². The van der Waals surface area contributed by atoms with Crippen LogP contribution in [-0.2, 0) is 4.79 Å². The van der Waals surface area contributed by atoms with Crippen LogP contribution in [-0.4, -0.2) is 26.4 Å². The first-order valence-electron chi connectivity index (χ1n) is 11.6. The number of rotatable bonds is 4. The molecule has 6 nitrogen and oxygen atoms in total. The first kappa shape index (κ1) is 23.4. The van der Waals surface area contributed by atoms with Crippen LogP contribution in [0.4, 0.5) is 5.69 Å². The number of halogens is 2. The van der Waals surface area contributed by atoms with E-state index in [9.17, 15) is 4.79 Å². The molecule has 6 rings (SSSR count). The van der Waals surface area contributed by atoms with Crippen molar-refractivity contribution in [1.29, 1.82) is 0 Å². The largest absolute Gasteiger partial charge is 0.361 e. The minimum absolute atomic E-state index is 0.0251. The Morgan fingerprint density at radius 3 is 2.61 bits per heavy atom. The molecule has 0 unspecified atom stereocenters. The minimum Gasteiger partial charge on any atom is -0.361 e. The number of aryl methyl sites for hydroxylation is 2. The summed E-state index contributed by atoms with van der Waals surface area (Å²) < 4.78 is 7.57. The molecule has 2 aromatic heterocycles. The molecule has 182 valence electrons. The Bertz CT molecular complexity index is 1550. The molecule has 4 aromatic rings. The SMILES string of the molecule is Cc1noc(C)c1-c1ccc2c(c1)nc([C@@H]1CCC(=O)N1c1cc(Cl)cc(Cl)c1)n2C1=CCSC=C1. The van der Waals surface area contributed by atoms with Crippen LogP contribution in [0.25, 0.3) is 27.9 Å². The van der Waals surface area contributed by atoms with Crippen molar-refractivity contribution in [3.63, 3.8) is 0 Å². The van der Waals surface area contributed by atoms with Crippen molar-refractivity contribution in [3.8, 4) is 11.1 Å². The topological polar surface area (TPSA) is 64.2 Å².